The first-order valence-corrected chi connectivity index (χ1v) is 6.27. The maximum absolute atomic E-state index is 12.3. The molecule has 1 aromatic carbocycles. The summed E-state index contributed by atoms with van der Waals surface area (Å²) in [7, 11) is 1.56. The minimum absolute atomic E-state index is 0.0594. The maximum Gasteiger partial charge on any atom is 0.246 e. The zero-order valence-corrected chi connectivity index (χ0v) is 10.9. The number of rotatable bonds is 3. The smallest absolute Gasteiger partial charge is 0.246 e. The monoisotopic (exact) mass is 248 g/mol. The predicted molar refractivity (Wildman–Crippen MR) is 71.5 cm³/mol. The van der Waals surface area contributed by atoms with Gasteiger partial charge in [-0.15, -0.1) is 0 Å². The Bertz CT molecular complexity index is 434. The third-order valence-corrected chi connectivity index (χ3v) is 3.27. The summed E-state index contributed by atoms with van der Waals surface area (Å²) < 4.78 is 4.96. The lowest BCUT2D eigenvalue weighted by Gasteiger charge is -2.34. The highest BCUT2D eigenvalue weighted by atomic mass is 16.5. The van der Waals surface area contributed by atoms with Gasteiger partial charge < -0.3 is 15.4 Å². The Labute approximate surface area is 108 Å². The van der Waals surface area contributed by atoms with E-state index in [1.165, 1.54) is 5.56 Å². The first kappa shape index (κ1) is 13.1. The molecule has 0 aliphatic carbocycles. The van der Waals surface area contributed by atoms with Gasteiger partial charge in [-0.2, -0.15) is 0 Å². The van der Waals surface area contributed by atoms with Gasteiger partial charge in [-0.1, -0.05) is 25.1 Å². The van der Waals surface area contributed by atoms with Gasteiger partial charge >= 0.3 is 0 Å². The minimum atomic E-state index is -0.589. The molecule has 4 nitrogen and oxygen atoms in total. The van der Waals surface area contributed by atoms with Gasteiger partial charge in [-0.05, 0) is 24.0 Å². The van der Waals surface area contributed by atoms with E-state index in [2.05, 4.69) is 13.0 Å². The average molecular weight is 248 g/mol. The molecule has 18 heavy (non-hydrogen) atoms. The van der Waals surface area contributed by atoms with Crippen molar-refractivity contribution in [3.8, 4) is 0 Å². The lowest BCUT2D eigenvalue weighted by Crippen LogP contribution is -2.49. The van der Waals surface area contributed by atoms with Crippen LogP contribution in [0.5, 0.6) is 0 Å². The van der Waals surface area contributed by atoms with E-state index in [0.29, 0.717) is 5.92 Å². The van der Waals surface area contributed by atoms with Crippen LogP contribution >= 0.6 is 0 Å². The summed E-state index contributed by atoms with van der Waals surface area (Å²) in [6, 6.07) is 7.44. The fourth-order valence-corrected chi connectivity index (χ4v) is 2.46. The molecule has 2 N–H and O–H groups in total. The second-order valence-electron chi connectivity index (χ2n) is 4.95. The molecule has 98 valence electrons. The number of fused-ring (bicyclic) bond motifs is 1. The summed E-state index contributed by atoms with van der Waals surface area (Å²) in [5, 5.41) is 0. The molecule has 2 atom stereocenters. The highest BCUT2D eigenvalue weighted by molar-refractivity contribution is 5.98. The zero-order chi connectivity index (χ0) is 13.1. The standard InChI is InChI=1S/C14H20N2O2/c1-10-7-11-5-3-4-6-13(11)16(8-10)14(17)12(15)9-18-2/h3-6,10,12H,7-9,15H2,1-2H3. The Morgan fingerprint density at radius 1 is 1.56 bits per heavy atom. The number of hydrogen-bond acceptors (Lipinski definition) is 3. The summed E-state index contributed by atoms with van der Waals surface area (Å²) in [6.45, 7) is 3.14. The molecule has 1 aliphatic rings. The van der Waals surface area contributed by atoms with Gasteiger partial charge in [-0.3, -0.25) is 4.79 Å². The molecule has 2 rings (SSSR count). The SMILES string of the molecule is COCC(N)C(=O)N1CC(C)Cc2ccccc21. The van der Waals surface area contributed by atoms with Crippen LogP contribution in [0.4, 0.5) is 5.69 Å². The molecular formula is C14H20N2O2. The van der Waals surface area contributed by atoms with E-state index >= 15 is 0 Å². The number of para-hydroxylation sites is 1. The predicted octanol–water partition coefficient (Wildman–Crippen LogP) is 1.19. The van der Waals surface area contributed by atoms with Crippen LogP contribution in [0, 0.1) is 5.92 Å². The van der Waals surface area contributed by atoms with Gasteiger partial charge in [0.25, 0.3) is 0 Å². The van der Waals surface area contributed by atoms with E-state index in [1.54, 1.807) is 12.0 Å². The molecule has 1 aromatic rings. The highest BCUT2D eigenvalue weighted by Gasteiger charge is 2.29. The third-order valence-electron chi connectivity index (χ3n) is 3.27. The van der Waals surface area contributed by atoms with Crippen LogP contribution in [0.1, 0.15) is 12.5 Å². The van der Waals surface area contributed by atoms with E-state index < -0.39 is 6.04 Å². The fourth-order valence-electron chi connectivity index (χ4n) is 2.46. The molecule has 0 fully saturated rings. The second-order valence-corrected chi connectivity index (χ2v) is 4.95. The minimum Gasteiger partial charge on any atom is -0.383 e. The lowest BCUT2D eigenvalue weighted by atomic mass is 9.93. The van der Waals surface area contributed by atoms with Gasteiger partial charge in [0, 0.05) is 19.3 Å². The van der Waals surface area contributed by atoms with Crippen LogP contribution in [0.25, 0.3) is 0 Å². The van der Waals surface area contributed by atoms with Crippen LogP contribution in [-0.2, 0) is 16.0 Å². The molecule has 1 heterocycles. The first-order valence-electron chi connectivity index (χ1n) is 6.27. The van der Waals surface area contributed by atoms with Crippen LogP contribution in [0.3, 0.4) is 0 Å². The van der Waals surface area contributed by atoms with Crippen molar-refractivity contribution in [2.45, 2.75) is 19.4 Å². The normalized spacial score (nSPS) is 20.4. The van der Waals surface area contributed by atoms with Crippen LogP contribution in [0.15, 0.2) is 24.3 Å². The Morgan fingerprint density at radius 3 is 3.00 bits per heavy atom. The summed E-state index contributed by atoms with van der Waals surface area (Å²) >= 11 is 0. The zero-order valence-electron chi connectivity index (χ0n) is 10.9. The molecule has 0 bridgehead atoms. The quantitative estimate of drug-likeness (QED) is 0.874. The first-order chi connectivity index (χ1) is 8.63. The Morgan fingerprint density at radius 2 is 2.28 bits per heavy atom. The molecular weight excluding hydrogens is 228 g/mol. The molecule has 0 spiro atoms. The van der Waals surface area contributed by atoms with E-state index in [9.17, 15) is 4.79 Å². The van der Waals surface area contributed by atoms with E-state index in [1.807, 2.05) is 18.2 Å². The molecule has 2 unspecified atom stereocenters. The number of nitrogens with two attached hydrogens (primary N) is 1. The summed E-state index contributed by atoms with van der Waals surface area (Å²) in [6.07, 6.45) is 1.01. The van der Waals surface area contributed by atoms with Crippen molar-refractivity contribution in [1.29, 1.82) is 0 Å². The van der Waals surface area contributed by atoms with Crippen molar-refractivity contribution >= 4 is 11.6 Å². The molecule has 0 saturated carbocycles. The largest absolute Gasteiger partial charge is 0.383 e. The van der Waals surface area contributed by atoms with Crippen LogP contribution in [0.2, 0.25) is 0 Å². The molecule has 0 aromatic heterocycles. The van der Waals surface area contributed by atoms with Gasteiger partial charge in [0.15, 0.2) is 0 Å². The van der Waals surface area contributed by atoms with Crippen molar-refractivity contribution in [3.63, 3.8) is 0 Å². The Hall–Kier alpha value is -1.39. The molecule has 1 amide bonds. The Kier molecular flexibility index (Phi) is 3.99. The van der Waals surface area contributed by atoms with Gasteiger partial charge in [0.05, 0.1) is 6.61 Å². The number of carbonyl (C=O) groups excluding carboxylic acids is 1. The van der Waals surface area contributed by atoms with E-state index in [0.717, 1.165) is 18.7 Å². The van der Waals surface area contributed by atoms with Crippen molar-refractivity contribution in [3.05, 3.63) is 29.8 Å². The van der Waals surface area contributed by atoms with Gasteiger partial charge in [0.1, 0.15) is 6.04 Å². The van der Waals surface area contributed by atoms with Crippen molar-refractivity contribution < 1.29 is 9.53 Å². The molecule has 0 radical (unpaired) electrons. The number of amides is 1. The number of methoxy groups -OCH3 is 1. The van der Waals surface area contributed by atoms with E-state index in [4.69, 9.17) is 10.5 Å². The summed E-state index contributed by atoms with van der Waals surface area (Å²) in [5.74, 6) is 0.398. The van der Waals surface area contributed by atoms with E-state index in [-0.39, 0.29) is 12.5 Å². The van der Waals surface area contributed by atoms with Crippen LogP contribution < -0.4 is 10.6 Å². The third kappa shape index (κ3) is 2.54. The topological polar surface area (TPSA) is 55.6 Å². The second kappa shape index (κ2) is 5.50. The van der Waals surface area contributed by atoms with Gasteiger partial charge in [-0.25, -0.2) is 0 Å². The number of anilines is 1. The van der Waals surface area contributed by atoms with Crippen LogP contribution in [-0.4, -0.2) is 32.2 Å². The van der Waals surface area contributed by atoms with Crippen molar-refractivity contribution in [1.82, 2.24) is 0 Å². The summed E-state index contributed by atoms with van der Waals surface area (Å²) in [5.41, 5.74) is 8.05. The van der Waals surface area contributed by atoms with Crippen molar-refractivity contribution in [2.24, 2.45) is 11.7 Å². The Balaban J connectivity index is 2.26. The highest BCUT2D eigenvalue weighted by Crippen LogP contribution is 2.29. The number of hydrogen-bond donors (Lipinski definition) is 1. The molecule has 4 heteroatoms. The van der Waals surface area contributed by atoms with Gasteiger partial charge in [0.2, 0.25) is 5.91 Å². The number of ether oxygens (including phenoxy) is 1. The summed E-state index contributed by atoms with van der Waals surface area (Å²) in [4.78, 5) is 14.1. The molecule has 0 saturated heterocycles. The number of benzene rings is 1. The fraction of sp³-hybridized carbons (Fsp3) is 0.500. The number of nitrogens with zero attached hydrogens (tertiary/aromatic N) is 1. The maximum atomic E-state index is 12.3. The molecule has 1 aliphatic heterocycles. The van der Waals surface area contributed by atoms with Crippen molar-refractivity contribution in [2.75, 3.05) is 25.2 Å². The average Bonchev–Trinajstić information content (AvgIpc) is 2.37. The lowest BCUT2D eigenvalue weighted by molar-refractivity contribution is -0.121. The number of carbonyl (C=O) groups is 1.